The molecule has 3 rings (SSSR count). The van der Waals surface area contributed by atoms with Gasteiger partial charge >= 0.3 is 5.97 Å². The lowest BCUT2D eigenvalue weighted by Crippen LogP contribution is -2.40. The number of aromatic nitrogens is 1. The number of benzene rings is 1. The van der Waals surface area contributed by atoms with Crippen molar-refractivity contribution in [1.29, 1.82) is 0 Å². The summed E-state index contributed by atoms with van der Waals surface area (Å²) >= 11 is 0. The van der Waals surface area contributed by atoms with Crippen LogP contribution >= 0.6 is 0 Å². The van der Waals surface area contributed by atoms with E-state index in [9.17, 15) is 14.4 Å². The third kappa shape index (κ3) is 4.91. The Morgan fingerprint density at radius 3 is 2.41 bits per heavy atom. The van der Waals surface area contributed by atoms with Crippen LogP contribution in [0.1, 0.15) is 28.8 Å². The zero-order chi connectivity index (χ0) is 19.2. The number of amides is 2. The molecule has 1 aromatic carbocycles. The lowest BCUT2D eigenvalue weighted by atomic mass is 9.96. The van der Waals surface area contributed by atoms with Crippen LogP contribution in [0.3, 0.4) is 0 Å². The molecule has 7 nitrogen and oxygen atoms in total. The van der Waals surface area contributed by atoms with Crippen molar-refractivity contribution in [1.82, 2.24) is 9.88 Å². The van der Waals surface area contributed by atoms with Crippen molar-refractivity contribution in [2.24, 2.45) is 5.92 Å². The van der Waals surface area contributed by atoms with E-state index in [1.54, 1.807) is 47.6 Å². The third-order valence-corrected chi connectivity index (χ3v) is 4.63. The first kappa shape index (κ1) is 18.6. The molecule has 0 bridgehead atoms. The van der Waals surface area contributed by atoms with Gasteiger partial charge in [0.15, 0.2) is 0 Å². The average Bonchev–Trinajstić information content (AvgIpc) is 2.69. The molecule has 27 heavy (non-hydrogen) atoms. The Kier molecular flexibility index (Phi) is 5.80. The summed E-state index contributed by atoms with van der Waals surface area (Å²) in [7, 11) is 0. The summed E-state index contributed by atoms with van der Waals surface area (Å²) in [6.07, 6.45) is 4.48. The average molecular weight is 367 g/mol. The first-order chi connectivity index (χ1) is 13.0. The van der Waals surface area contributed by atoms with Crippen molar-refractivity contribution in [3.8, 4) is 0 Å². The fourth-order valence-corrected chi connectivity index (χ4v) is 3.10. The standard InChI is InChI=1S/C20H21N3O4/c24-18(12-14-2-1-9-21-13-14)22-17-5-3-15(4-6-17)19(25)23-10-7-16(8-11-23)20(26)27/h1-6,9,13,16H,7-8,10-12H2,(H,22,24)(H,26,27). The van der Waals surface area contributed by atoms with Crippen molar-refractivity contribution < 1.29 is 19.5 Å². The molecule has 2 N–H and O–H groups in total. The van der Waals surface area contributed by atoms with Gasteiger partial charge in [0.05, 0.1) is 12.3 Å². The van der Waals surface area contributed by atoms with Crippen LogP contribution in [0.5, 0.6) is 0 Å². The summed E-state index contributed by atoms with van der Waals surface area (Å²) in [5.74, 6) is -1.44. The zero-order valence-electron chi connectivity index (χ0n) is 14.8. The number of anilines is 1. The molecule has 1 fully saturated rings. The Hall–Kier alpha value is -3.22. The summed E-state index contributed by atoms with van der Waals surface area (Å²) in [5, 5.41) is 11.8. The molecule has 0 saturated carbocycles. The van der Waals surface area contributed by atoms with Crippen LogP contribution in [0.15, 0.2) is 48.8 Å². The van der Waals surface area contributed by atoms with E-state index in [2.05, 4.69) is 10.3 Å². The number of carboxylic acid groups (broad SMARTS) is 1. The SMILES string of the molecule is O=C(Cc1cccnc1)Nc1ccc(C(=O)N2CCC(C(=O)O)CC2)cc1. The number of likely N-dealkylation sites (tertiary alicyclic amines) is 1. The molecule has 0 radical (unpaired) electrons. The van der Waals surface area contributed by atoms with E-state index in [1.807, 2.05) is 6.07 Å². The summed E-state index contributed by atoms with van der Waals surface area (Å²) in [4.78, 5) is 41.3. The highest BCUT2D eigenvalue weighted by Gasteiger charge is 2.27. The minimum absolute atomic E-state index is 0.118. The molecule has 7 heteroatoms. The number of pyridine rings is 1. The number of nitrogens with one attached hydrogen (secondary N) is 1. The maximum absolute atomic E-state index is 12.5. The first-order valence-corrected chi connectivity index (χ1v) is 8.84. The minimum Gasteiger partial charge on any atom is -0.481 e. The normalized spacial score (nSPS) is 14.6. The van der Waals surface area contributed by atoms with E-state index < -0.39 is 5.97 Å². The van der Waals surface area contributed by atoms with Gasteiger partial charge in [0.25, 0.3) is 5.91 Å². The zero-order valence-corrected chi connectivity index (χ0v) is 14.8. The highest BCUT2D eigenvalue weighted by molar-refractivity contribution is 5.96. The van der Waals surface area contributed by atoms with Gasteiger partial charge in [-0.25, -0.2) is 0 Å². The smallest absolute Gasteiger partial charge is 0.306 e. The molecule has 2 heterocycles. The number of carbonyl (C=O) groups excluding carboxylic acids is 2. The van der Waals surface area contributed by atoms with Gasteiger partial charge < -0.3 is 15.3 Å². The van der Waals surface area contributed by atoms with Crippen LogP contribution < -0.4 is 5.32 Å². The molecule has 1 aliphatic heterocycles. The maximum Gasteiger partial charge on any atom is 0.306 e. The number of rotatable bonds is 5. The lowest BCUT2D eigenvalue weighted by Gasteiger charge is -2.30. The van der Waals surface area contributed by atoms with Crippen LogP contribution in [0.4, 0.5) is 5.69 Å². The third-order valence-electron chi connectivity index (χ3n) is 4.63. The molecule has 0 spiro atoms. The molecule has 0 aliphatic carbocycles. The number of hydrogen-bond donors (Lipinski definition) is 2. The Morgan fingerprint density at radius 1 is 1.11 bits per heavy atom. The number of hydrogen-bond acceptors (Lipinski definition) is 4. The van der Waals surface area contributed by atoms with Crippen molar-refractivity contribution >= 4 is 23.5 Å². The van der Waals surface area contributed by atoms with Gasteiger partial charge in [-0.2, -0.15) is 0 Å². The number of nitrogens with zero attached hydrogens (tertiary/aromatic N) is 2. The maximum atomic E-state index is 12.5. The Balaban J connectivity index is 1.54. The van der Waals surface area contributed by atoms with Crippen LogP contribution in [-0.4, -0.2) is 45.9 Å². The van der Waals surface area contributed by atoms with Gasteiger partial charge in [-0.3, -0.25) is 19.4 Å². The Labute approximate surface area is 157 Å². The topological polar surface area (TPSA) is 99.6 Å². The van der Waals surface area contributed by atoms with Gasteiger partial charge in [-0.1, -0.05) is 6.07 Å². The summed E-state index contributed by atoms with van der Waals surface area (Å²) in [5.41, 5.74) is 1.96. The summed E-state index contributed by atoms with van der Waals surface area (Å²) in [6, 6.07) is 10.3. The van der Waals surface area contributed by atoms with E-state index in [1.165, 1.54) is 0 Å². The molecule has 140 valence electrons. The van der Waals surface area contributed by atoms with Crippen molar-refractivity contribution in [2.75, 3.05) is 18.4 Å². The summed E-state index contributed by atoms with van der Waals surface area (Å²) < 4.78 is 0. The molecule has 1 aromatic heterocycles. The number of aliphatic carboxylic acids is 1. The molecular formula is C20H21N3O4. The van der Waals surface area contributed by atoms with Gasteiger partial charge in [-0.15, -0.1) is 0 Å². The Bertz CT molecular complexity index is 813. The number of carboxylic acids is 1. The van der Waals surface area contributed by atoms with E-state index >= 15 is 0 Å². The predicted molar refractivity (Wildman–Crippen MR) is 99.3 cm³/mol. The van der Waals surface area contributed by atoms with Gasteiger partial charge in [0.2, 0.25) is 5.91 Å². The fourth-order valence-electron chi connectivity index (χ4n) is 3.10. The number of piperidine rings is 1. The van der Waals surface area contributed by atoms with Crippen molar-refractivity contribution in [3.63, 3.8) is 0 Å². The van der Waals surface area contributed by atoms with Gasteiger partial charge in [-0.05, 0) is 48.7 Å². The van der Waals surface area contributed by atoms with Crippen LogP contribution in [0.2, 0.25) is 0 Å². The van der Waals surface area contributed by atoms with E-state index in [-0.39, 0.29) is 24.2 Å². The second-order valence-corrected chi connectivity index (χ2v) is 6.57. The van der Waals surface area contributed by atoms with E-state index in [4.69, 9.17) is 5.11 Å². The predicted octanol–water partition coefficient (Wildman–Crippen LogP) is 2.20. The van der Waals surface area contributed by atoms with E-state index in [0.29, 0.717) is 37.2 Å². The Morgan fingerprint density at radius 2 is 1.81 bits per heavy atom. The van der Waals surface area contributed by atoms with Gasteiger partial charge in [0, 0.05) is 36.7 Å². The van der Waals surface area contributed by atoms with Crippen molar-refractivity contribution in [2.45, 2.75) is 19.3 Å². The van der Waals surface area contributed by atoms with Crippen LogP contribution in [0, 0.1) is 5.92 Å². The van der Waals surface area contributed by atoms with Crippen molar-refractivity contribution in [3.05, 3.63) is 59.9 Å². The minimum atomic E-state index is -0.798. The second-order valence-electron chi connectivity index (χ2n) is 6.57. The molecule has 2 amide bonds. The molecule has 0 atom stereocenters. The fraction of sp³-hybridized carbons (Fsp3) is 0.300. The molecule has 0 unspecified atom stereocenters. The van der Waals surface area contributed by atoms with E-state index in [0.717, 1.165) is 5.56 Å². The van der Waals surface area contributed by atoms with Gasteiger partial charge in [0.1, 0.15) is 0 Å². The second kappa shape index (κ2) is 8.44. The number of carbonyl (C=O) groups is 3. The van der Waals surface area contributed by atoms with Crippen LogP contribution in [0.25, 0.3) is 0 Å². The van der Waals surface area contributed by atoms with Crippen LogP contribution in [-0.2, 0) is 16.0 Å². The first-order valence-electron chi connectivity index (χ1n) is 8.84. The largest absolute Gasteiger partial charge is 0.481 e. The molecule has 1 aliphatic rings. The molecular weight excluding hydrogens is 346 g/mol. The molecule has 2 aromatic rings. The highest BCUT2D eigenvalue weighted by Crippen LogP contribution is 2.20. The molecule has 1 saturated heterocycles. The highest BCUT2D eigenvalue weighted by atomic mass is 16.4. The lowest BCUT2D eigenvalue weighted by molar-refractivity contribution is -0.143. The quantitative estimate of drug-likeness (QED) is 0.844. The summed E-state index contributed by atoms with van der Waals surface area (Å²) in [6.45, 7) is 0.888. The monoisotopic (exact) mass is 367 g/mol.